The fourth-order valence-corrected chi connectivity index (χ4v) is 5.78. The van der Waals surface area contributed by atoms with Gasteiger partial charge in [0.1, 0.15) is 5.58 Å². The van der Waals surface area contributed by atoms with Crippen LogP contribution < -0.4 is 10.3 Å². The van der Waals surface area contributed by atoms with Crippen LogP contribution in [0.1, 0.15) is 38.4 Å². The normalized spacial score (nSPS) is 18.1. The number of anilines is 1. The number of carbonyl (C=O) groups excluding carboxylic acids is 2. The SMILES string of the molecule is COCCN1C(=O)c2oc3cc(C)c(C)cc3c(=O)c2C12C(=O)N(Cc1ccc(Cl)cc1)c1ccccc12. The zero-order chi connectivity index (χ0) is 26.8. The fraction of sp³-hybridized carbons (Fsp3) is 0.233. The Bertz CT molecular complexity index is 1690. The molecule has 4 aromatic rings. The molecule has 0 radical (unpaired) electrons. The highest BCUT2D eigenvalue weighted by molar-refractivity contribution is 6.30. The largest absolute Gasteiger partial charge is 0.450 e. The summed E-state index contributed by atoms with van der Waals surface area (Å²) in [5.74, 6) is -0.989. The number of ether oxygens (including phenoxy) is 1. The summed E-state index contributed by atoms with van der Waals surface area (Å²) in [7, 11) is 1.53. The lowest BCUT2D eigenvalue weighted by Crippen LogP contribution is -2.54. The van der Waals surface area contributed by atoms with E-state index in [2.05, 4.69) is 0 Å². The molecule has 1 unspecified atom stereocenters. The number of benzene rings is 3. The molecular formula is C30H25ClN2O5. The Kier molecular flexibility index (Phi) is 5.67. The Labute approximate surface area is 224 Å². The Morgan fingerprint density at radius 1 is 0.974 bits per heavy atom. The molecule has 38 heavy (non-hydrogen) atoms. The number of para-hydroxylation sites is 1. The van der Waals surface area contributed by atoms with Crippen LogP contribution in [0.5, 0.6) is 0 Å². The number of halogens is 1. The molecular weight excluding hydrogens is 504 g/mol. The molecule has 0 saturated carbocycles. The fourth-order valence-electron chi connectivity index (χ4n) is 5.66. The molecule has 2 aliphatic rings. The number of hydrogen-bond donors (Lipinski definition) is 0. The molecule has 6 rings (SSSR count). The summed E-state index contributed by atoms with van der Waals surface area (Å²) in [4.78, 5) is 45.8. The number of hydrogen-bond acceptors (Lipinski definition) is 5. The molecule has 2 aliphatic heterocycles. The van der Waals surface area contributed by atoms with Crippen molar-refractivity contribution in [3.63, 3.8) is 0 Å². The van der Waals surface area contributed by atoms with Gasteiger partial charge in [0.2, 0.25) is 5.76 Å². The van der Waals surface area contributed by atoms with Gasteiger partial charge in [0.05, 0.1) is 29.8 Å². The summed E-state index contributed by atoms with van der Waals surface area (Å²) in [6, 6.07) is 18.1. The van der Waals surface area contributed by atoms with Gasteiger partial charge in [0.25, 0.3) is 11.8 Å². The predicted molar refractivity (Wildman–Crippen MR) is 145 cm³/mol. The minimum Gasteiger partial charge on any atom is -0.450 e. The van der Waals surface area contributed by atoms with E-state index in [-0.39, 0.29) is 42.4 Å². The number of methoxy groups -OCH3 is 1. The molecule has 1 spiro atoms. The maximum Gasteiger partial charge on any atom is 0.291 e. The highest BCUT2D eigenvalue weighted by Crippen LogP contribution is 2.52. The molecule has 0 saturated heterocycles. The van der Waals surface area contributed by atoms with Crippen LogP contribution in [0, 0.1) is 13.8 Å². The van der Waals surface area contributed by atoms with Gasteiger partial charge in [-0.3, -0.25) is 14.4 Å². The second kappa shape index (κ2) is 8.82. The molecule has 7 nitrogen and oxygen atoms in total. The lowest BCUT2D eigenvalue weighted by atomic mass is 9.84. The van der Waals surface area contributed by atoms with E-state index in [1.165, 1.54) is 12.0 Å². The Balaban J connectivity index is 1.64. The number of fused-ring (bicyclic) bond motifs is 5. The first-order valence-corrected chi connectivity index (χ1v) is 12.7. The van der Waals surface area contributed by atoms with Crippen molar-refractivity contribution in [2.75, 3.05) is 25.2 Å². The van der Waals surface area contributed by atoms with Crippen molar-refractivity contribution in [2.45, 2.75) is 25.9 Å². The Morgan fingerprint density at radius 3 is 2.42 bits per heavy atom. The number of amides is 2. The lowest BCUT2D eigenvalue weighted by molar-refractivity contribution is -0.126. The van der Waals surface area contributed by atoms with Crippen molar-refractivity contribution in [3.8, 4) is 0 Å². The Hall–Kier alpha value is -3.94. The van der Waals surface area contributed by atoms with E-state index in [0.29, 0.717) is 27.2 Å². The summed E-state index contributed by atoms with van der Waals surface area (Å²) in [5, 5.41) is 0.934. The van der Waals surface area contributed by atoms with Gasteiger partial charge in [-0.2, -0.15) is 0 Å². The van der Waals surface area contributed by atoms with Crippen molar-refractivity contribution < 1.29 is 18.7 Å². The quantitative estimate of drug-likeness (QED) is 0.366. The van der Waals surface area contributed by atoms with Crippen LogP contribution in [0.15, 0.2) is 69.9 Å². The van der Waals surface area contributed by atoms with Gasteiger partial charge in [-0.05, 0) is 60.9 Å². The van der Waals surface area contributed by atoms with Crippen molar-refractivity contribution in [3.05, 3.63) is 109 Å². The summed E-state index contributed by atoms with van der Waals surface area (Å²) in [6.07, 6.45) is 0. The van der Waals surface area contributed by atoms with Crippen LogP contribution in [0.3, 0.4) is 0 Å². The van der Waals surface area contributed by atoms with Crippen molar-refractivity contribution in [2.24, 2.45) is 0 Å². The first-order valence-electron chi connectivity index (χ1n) is 12.3. The van der Waals surface area contributed by atoms with Crippen molar-refractivity contribution in [1.82, 2.24) is 4.90 Å². The van der Waals surface area contributed by atoms with E-state index in [1.54, 1.807) is 35.2 Å². The van der Waals surface area contributed by atoms with Gasteiger partial charge in [-0.15, -0.1) is 0 Å². The van der Waals surface area contributed by atoms with Crippen LogP contribution in [0.2, 0.25) is 5.02 Å². The minimum absolute atomic E-state index is 0.0606. The van der Waals surface area contributed by atoms with Crippen molar-refractivity contribution >= 4 is 40.1 Å². The molecule has 8 heteroatoms. The summed E-state index contributed by atoms with van der Waals surface area (Å²) in [5.41, 5.74) is 2.26. The number of aryl methyl sites for hydroxylation is 2. The zero-order valence-electron chi connectivity index (χ0n) is 21.2. The van der Waals surface area contributed by atoms with Crippen LogP contribution in [0.25, 0.3) is 11.0 Å². The van der Waals surface area contributed by atoms with Crippen LogP contribution in [-0.4, -0.2) is 37.0 Å². The standard InChI is InChI=1S/C30H25ClN2O5/c1-17-14-21-24(15-18(17)2)38-27-25(26(21)34)30(33(28(27)35)12-13-37-3)22-6-4-5-7-23(22)32(29(30)36)16-19-8-10-20(31)11-9-19/h4-11,14-15H,12-13,16H2,1-3H3. The summed E-state index contributed by atoms with van der Waals surface area (Å²) >= 11 is 6.08. The first kappa shape index (κ1) is 24.4. The average molecular weight is 529 g/mol. The van der Waals surface area contributed by atoms with Gasteiger partial charge in [-0.25, -0.2) is 0 Å². The molecule has 1 atom stereocenters. The highest BCUT2D eigenvalue weighted by Gasteiger charge is 2.64. The van der Waals surface area contributed by atoms with Gasteiger partial charge in [0, 0.05) is 24.2 Å². The summed E-state index contributed by atoms with van der Waals surface area (Å²) in [6.45, 7) is 4.36. The molecule has 3 heterocycles. The number of nitrogens with zero attached hydrogens (tertiary/aromatic N) is 2. The molecule has 1 aromatic heterocycles. The third kappa shape index (κ3) is 3.28. The maximum absolute atomic E-state index is 14.6. The summed E-state index contributed by atoms with van der Waals surface area (Å²) < 4.78 is 11.5. The number of carbonyl (C=O) groups is 2. The second-order valence-electron chi connectivity index (χ2n) is 9.76. The third-order valence-corrected chi connectivity index (χ3v) is 7.88. The molecule has 0 aliphatic carbocycles. The average Bonchev–Trinajstić information content (AvgIpc) is 3.30. The maximum atomic E-state index is 14.6. The predicted octanol–water partition coefficient (Wildman–Crippen LogP) is 4.96. The smallest absolute Gasteiger partial charge is 0.291 e. The zero-order valence-corrected chi connectivity index (χ0v) is 22.0. The molecule has 0 fully saturated rings. The van der Waals surface area contributed by atoms with Gasteiger partial charge < -0.3 is 19.0 Å². The topological polar surface area (TPSA) is 80.1 Å². The molecule has 2 amide bonds. The van der Waals surface area contributed by atoms with Crippen LogP contribution in [-0.2, 0) is 21.6 Å². The van der Waals surface area contributed by atoms with E-state index >= 15 is 0 Å². The lowest BCUT2D eigenvalue weighted by Gasteiger charge is -2.34. The molecule has 192 valence electrons. The van der Waals surface area contributed by atoms with Crippen LogP contribution >= 0.6 is 11.6 Å². The highest BCUT2D eigenvalue weighted by atomic mass is 35.5. The molecule has 3 aromatic carbocycles. The van der Waals surface area contributed by atoms with E-state index in [1.807, 2.05) is 44.2 Å². The van der Waals surface area contributed by atoms with E-state index in [0.717, 1.165) is 16.7 Å². The number of rotatable bonds is 5. The van der Waals surface area contributed by atoms with Crippen molar-refractivity contribution in [1.29, 1.82) is 0 Å². The first-order chi connectivity index (χ1) is 18.3. The third-order valence-electron chi connectivity index (χ3n) is 7.63. The van der Waals surface area contributed by atoms with Crippen LogP contribution in [0.4, 0.5) is 5.69 Å². The van der Waals surface area contributed by atoms with Gasteiger partial charge in [-0.1, -0.05) is 41.9 Å². The van der Waals surface area contributed by atoms with E-state index < -0.39 is 11.4 Å². The van der Waals surface area contributed by atoms with E-state index in [9.17, 15) is 14.4 Å². The second-order valence-corrected chi connectivity index (χ2v) is 10.2. The molecule has 0 bridgehead atoms. The van der Waals surface area contributed by atoms with E-state index in [4.69, 9.17) is 20.8 Å². The van der Waals surface area contributed by atoms with Gasteiger partial charge >= 0.3 is 0 Å². The minimum atomic E-state index is -1.67. The Morgan fingerprint density at radius 2 is 1.68 bits per heavy atom. The monoisotopic (exact) mass is 528 g/mol. The molecule has 0 N–H and O–H groups in total. The van der Waals surface area contributed by atoms with Gasteiger partial charge in [0.15, 0.2) is 11.0 Å².